The first-order valence-corrected chi connectivity index (χ1v) is 9.65. The molecule has 0 spiro atoms. The molecule has 1 aliphatic heterocycles. The van der Waals surface area contributed by atoms with E-state index >= 15 is 0 Å². The largest absolute Gasteiger partial charge is 0.454 e. The summed E-state index contributed by atoms with van der Waals surface area (Å²) in [6.45, 7) is 7.34. The highest BCUT2D eigenvalue weighted by Crippen LogP contribution is 2.32. The lowest BCUT2D eigenvalue weighted by atomic mass is 10.2. The van der Waals surface area contributed by atoms with Gasteiger partial charge in [0.15, 0.2) is 11.5 Å². The van der Waals surface area contributed by atoms with Crippen LogP contribution in [0.5, 0.6) is 11.5 Å². The molecule has 154 valence electrons. The summed E-state index contributed by atoms with van der Waals surface area (Å²) in [5, 5.41) is 2.88. The second-order valence-electron chi connectivity index (χ2n) is 7.40. The summed E-state index contributed by atoms with van der Waals surface area (Å²) in [6, 6.07) is 5.57. The third-order valence-electron chi connectivity index (χ3n) is 4.41. The van der Waals surface area contributed by atoms with Gasteiger partial charge in [0.1, 0.15) is 5.69 Å². The average molecular weight is 398 g/mol. The Morgan fingerprint density at radius 1 is 1.17 bits per heavy atom. The average Bonchev–Trinajstić information content (AvgIpc) is 3.17. The molecular formula is C21H26N4O4. The Bertz CT molecular complexity index is 867. The van der Waals surface area contributed by atoms with E-state index in [-0.39, 0.29) is 36.6 Å². The van der Waals surface area contributed by atoms with Crippen molar-refractivity contribution < 1.29 is 19.1 Å². The van der Waals surface area contributed by atoms with Gasteiger partial charge in [0.2, 0.25) is 12.7 Å². The van der Waals surface area contributed by atoms with E-state index in [0.717, 1.165) is 11.3 Å². The predicted molar refractivity (Wildman–Crippen MR) is 107 cm³/mol. The topological polar surface area (TPSA) is 93.7 Å². The molecule has 1 aromatic heterocycles. The van der Waals surface area contributed by atoms with Crippen molar-refractivity contribution in [3.63, 3.8) is 0 Å². The number of carbonyl (C=O) groups excluding carboxylic acids is 2. The van der Waals surface area contributed by atoms with Gasteiger partial charge in [-0.1, -0.05) is 19.9 Å². The third-order valence-corrected chi connectivity index (χ3v) is 4.41. The van der Waals surface area contributed by atoms with Gasteiger partial charge < -0.3 is 19.7 Å². The van der Waals surface area contributed by atoms with Crippen molar-refractivity contribution in [2.45, 2.75) is 33.7 Å². The number of amides is 2. The van der Waals surface area contributed by atoms with Crippen molar-refractivity contribution in [2.24, 2.45) is 5.92 Å². The lowest BCUT2D eigenvalue weighted by molar-refractivity contribution is -0.121. The minimum atomic E-state index is -0.213. The molecule has 1 N–H and O–H groups in total. The molecule has 0 bridgehead atoms. The number of rotatable bonds is 8. The summed E-state index contributed by atoms with van der Waals surface area (Å²) in [4.78, 5) is 35.0. The van der Waals surface area contributed by atoms with E-state index in [2.05, 4.69) is 15.3 Å². The molecule has 1 aromatic carbocycles. The van der Waals surface area contributed by atoms with E-state index < -0.39 is 0 Å². The molecule has 2 heterocycles. The summed E-state index contributed by atoms with van der Waals surface area (Å²) >= 11 is 0. The number of aryl methyl sites for hydroxylation is 1. The Labute approximate surface area is 170 Å². The highest BCUT2D eigenvalue weighted by Gasteiger charge is 2.20. The van der Waals surface area contributed by atoms with Crippen LogP contribution in [0.4, 0.5) is 0 Å². The fourth-order valence-corrected chi connectivity index (χ4v) is 2.96. The lowest BCUT2D eigenvalue weighted by Crippen LogP contribution is -2.38. The minimum Gasteiger partial charge on any atom is -0.454 e. The van der Waals surface area contributed by atoms with Gasteiger partial charge in [-0.25, -0.2) is 4.98 Å². The number of benzene rings is 1. The molecule has 0 unspecified atom stereocenters. The zero-order chi connectivity index (χ0) is 20.8. The van der Waals surface area contributed by atoms with Crippen LogP contribution in [0.3, 0.4) is 0 Å². The van der Waals surface area contributed by atoms with Gasteiger partial charge in [0, 0.05) is 32.3 Å². The molecule has 0 fully saturated rings. The molecule has 3 rings (SSSR count). The minimum absolute atomic E-state index is 0.126. The zero-order valence-electron chi connectivity index (χ0n) is 17.0. The van der Waals surface area contributed by atoms with Crippen LogP contribution >= 0.6 is 0 Å². The van der Waals surface area contributed by atoms with E-state index in [9.17, 15) is 9.59 Å². The smallest absolute Gasteiger partial charge is 0.274 e. The van der Waals surface area contributed by atoms with E-state index in [1.807, 2.05) is 39.0 Å². The monoisotopic (exact) mass is 398 g/mol. The highest BCUT2D eigenvalue weighted by molar-refractivity contribution is 5.92. The maximum atomic E-state index is 12.8. The van der Waals surface area contributed by atoms with Crippen molar-refractivity contribution in [1.29, 1.82) is 0 Å². The van der Waals surface area contributed by atoms with Crippen molar-refractivity contribution in [3.8, 4) is 11.5 Å². The molecule has 8 nitrogen and oxygen atoms in total. The third kappa shape index (κ3) is 5.66. The van der Waals surface area contributed by atoms with Gasteiger partial charge in [-0.15, -0.1) is 0 Å². The predicted octanol–water partition coefficient (Wildman–Crippen LogP) is 2.32. The van der Waals surface area contributed by atoms with Crippen LogP contribution in [-0.4, -0.2) is 46.6 Å². The summed E-state index contributed by atoms with van der Waals surface area (Å²) in [6.07, 6.45) is 3.26. The number of hydrogen-bond acceptors (Lipinski definition) is 6. The number of aromatic nitrogens is 2. The van der Waals surface area contributed by atoms with Gasteiger partial charge in [-0.05, 0) is 30.5 Å². The Morgan fingerprint density at radius 2 is 1.97 bits per heavy atom. The Kier molecular flexibility index (Phi) is 6.64. The number of nitrogens with one attached hydrogen (secondary N) is 1. The number of nitrogens with zero attached hydrogens (tertiary/aromatic N) is 3. The van der Waals surface area contributed by atoms with Crippen molar-refractivity contribution in [3.05, 3.63) is 47.5 Å². The number of carbonyl (C=O) groups is 2. The fourth-order valence-electron chi connectivity index (χ4n) is 2.96. The molecule has 29 heavy (non-hydrogen) atoms. The maximum absolute atomic E-state index is 12.8. The van der Waals surface area contributed by atoms with Gasteiger partial charge in [-0.3, -0.25) is 14.6 Å². The lowest BCUT2D eigenvalue weighted by Gasteiger charge is -2.24. The molecule has 0 aliphatic carbocycles. The second kappa shape index (κ2) is 9.36. The standard InChI is InChI=1S/C21H26N4O4/c1-14(2)12-25(21(27)17-11-22-15(3)9-23-17)7-6-20(26)24-10-16-4-5-18-19(8-16)29-13-28-18/h4-5,8-9,11,14H,6-7,10,12-13H2,1-3H3,(H,24,26). The second-order valence-corrected chi connectivity index (χ2v) is 7.40. The van der Waals surface area contributed by atoms with Crippen LogP contribution in [0.15, 0.2) is 30.6 Å². The molecule has 0 atom stereocenters. The zero-order valence-corrected chi connectivity index (χ0v) is 17.0. The molecule has 1 aliphatic rings. The summed E-state index contributed by atoms with van der Waals surface area (Å²) in [7, 11) is 0. The van der Waals surface area contributed by atoms with Crippen LogP contribution in [0, 0.1) is 12.8 Å². The van der Waals surface area contributed by atoms with E-state index in [4.69, 9.17) is 9.47 Å². The number of hydrogen-bond donors (Lipinski definition) is 1. The molecule has 0 saturated carbocycles. The number of ether oxygens (including phenoxy) is 2. The van der Waals surface area contributed by atoms with Gasteiger partial charge in [0.05, 0.1) is 11.9 Å². The first-order valence-electron chi connectivity index (χ1n) is 9.65. The summed E-state index contributed by atoms with van der Waals surface area (Å²) in [5.41, 5.74) is 1.96. The van der Waals surface area contributed by atoms with Gasteiger partial charge >= 0.3 is 0 Å². The van der Waals surface area contributed by atoms with Crippen molar-refractivity contribution >= 4 is 11.8 Å². The molecule has 0 radical (unpaired) electrons. The molecule has 0 saturated heterocycles. The van der Waals surface area contributed by atoms with Crippen molar-refractivity contribution in [2.75, 3.05) is 19.9 Å². The van der Waals surface area contributed by atoms with Crippen LogP contribution in [-0.2, 0) is 11.3 Å². The molecule has 2 aromatic rings. The first-order chi connectivity index (χ1) is 13.9. The highest BCUT2D eigenvalue weighted by atomic mass is 16.7. The molecular weight excluding hydrogens is 372 g/mol. The van der Waals surface area contributed by atoms with Crippen LogP contribution in [0.25, 0.3) is 0 Å². The van der Waals surface area contributed by atoms with E-state index in [0.29, 0.717) is 31.1 Å². The summed E-state index contributed by atoms with van der Waals surface area (Å²) in [5.74, 6) is 1.33. The first kappa shape index (κ1) is 20.6. The van der Waals surface area contributed by atoms with Crippen molar-refractivity contribution in [1.82, 2.24) is 20.2 Å². The normalized spacial score (nSPS) is 12.1. The Balaban J connectivity index is 1.53. The molecule has 8 heteroatoms. The van der Waals surface area contributed by atoms with Gasteiger partial charge in [-0.2, -0.15) is 0 Å². The summed E-state index contributed by atoms with van der Waals surface area (Å²) < 4.78 is 10.6. The van der Waals surface area contributed by atoms with Crippen LogP contribution in [0.1, 0.15) is 42.0 Å². The van der Waals surface area contributed by atoms with E-state index in [1.54, 1.807) is 11.1 Å². The Hall–Kier alpha value is -3.16. The SMILES string of the molecule is Cc1cnc(C(=O)N(CCC(=O)NCc2ccc3c(c2)OCO3)CC(C)C)cn1. The van der Waals surface area contributed by atoms with Crippen LogP contribution in [0.2, 0.25) is 0 Å². The number of fused-ring (bicyclic) bond motifs is 1. The maximum Gasteiger partial charge on any atom is 0.274 e. The molecule has 2 amide bonds. The quantitative estimate of drug-likeness (QED) is 0.733. The van der Waals surface area contributed by atoms with Gasteiger partial charge in [0.25, 0.3) is 5.91 Å². The Morgan fingerprint density at radius 3 is 2.69 bits per heavy atom. The van der Waals surface area contributed by atoms with Crippen LogP contribution < -0.4 is 14.8 Å². The van der Waals surface area contributed by atoms with E-state index in [1.165, 1.54) is 6.20 Å². The fraction of sp³-hybridized carbons (Fsp3) is 0.429.